The molecule has 1 aromatic heterocycles. The van der Waals surface area contributed by atoms with Crippen LogP contribution < -0.4 is 5.56 Å². The molecule has 98 valence electrons. The Morgan fingerprint density at radius 3 is 2.63 bits per heavy atom. The Balaban J connectivity index is 2.75. The maximum atomic E-state index is 12.0. The first kappa shape index (κ1) is 13.1. The van der Waals surface area contributed by atoms with E-state index in [0.717, 1.165) is 23.2 Å². The molecule has 4 heteroatoms. The van der Waals surface area contributed by atoms with Gasteiger partial charge in [-0.3, -0.25) is 9.36 Å². The Labute approximate surface area is 110 Å². The molecule has 0 aliphatic carbocycles. The monoisotopic (exact) mass is 257 g/mol. The molecule has 0 unspecified atom stereocenters. The summed E-state index contributed by atoms with van der Waals surface area (Å²) in [4.78, 5) is 23.0. The molecular formula is C15H15NO3. The molecule has 4 nitrogen and oxygen atoms in total. The molecular weight excluding hydrogens is 242 g/mol. The lowest BCUT2D eigenvalue weighted by Gasteiger charge is -2.14. The van der Waals surface area contributed by atoms with Gasteiger partial charge in [0.2, 0.25) is 0 Å². The number of aromatic carboxylic acids is 1. The van der Waals surface area contributed by atoms with Crippen LogP contribution in [0.5, 0.6) is 0 Å². The third kappa shape index (κ3) is 2.42. The van der Waals surface area contributed by atoms with Crippen LogP contribution in [0.25, 0.3) is 5.69 Å². The molecule has 0 saturated carbocycles. The highest BCUT2D eigenvalue weighted by Crippen LogP contribution is 2.18. The van der Waals surface area contributed by atoms with Gasteiger partial charge >= 0.3 is 5.97 Å². The number of carboxylic acid groups (broad SMARTS) is 1. The van der Waals surface area contributed by atoms with Crippen LogP contribution in [0.2, 0.25) is 0 Å². The topological polar surface area (TPSA) is 59.3 Å². The third-order valence-electron chi connectivity index (χ3n) is 3.10. The molecule has 1 aromatic carbocycles. The van der Waals surface area contributed by atoms with Crippen molar-refractivity contribution in [1.29, 1.82) is 0 Å². The number of aryl methyl sites for hydroxylation is 2. The quantitative estimate of drug-likeness (QED) is 0.918. The van der Waals surface area contributed by atoms with Crippen LogP contribution in [0, 0.1) is 6.92 Å². The molecule has 0 atom stereocenters. The zero-order valence-electron chi connectivity index (χ0n) is 10.9. The molecule has 0 aliphatic heterocycles. The lowest BCUT2D eigenvalue weighted by Crippen LogP contribution is -2.20. The number of hydrogen-bond acceptors (Lipinski definition) is 2. The first-order valence-corrected chi connectivity index (χ1v) is 6.09. The van der Waals surface area contributed by atoms with E-state index in [4.69, 9.17) is 5.11 Å². The number of nitrogens with zero attached hydrogens (tertiary/aromatic N) is 1. The van der Waals surface area contributed by atoms with Gasteiger partial charge in [-0.15, -0.1) is 0 Å². The summed E-state index contributed by atoms with van der Waals surface area (Å²) in [6.07, 6.45) is 2.16. The highest BCUT2D eigenvalue weighted by atomic mass is 16.4. The van der Waals surface area contributed by atoms with Crippen molar-refractivity contribution in [3.63, 3.8) is 0 Å². The molecule has 2 rings (SSSR count). The van der Waals surface area contributed by atoms with Gasteiger partial charge < -0.3 is 5.11 Å². The molecule has 1 heterocycles. The van der Waals surface area contributed by atoms with Crippen LogP contribution in [0.1, 0.15) is 28.4 Å². The molecule has 0 amide bonds. The number of aromatic nitrogens is 1. The standard InChI is InChI=1S/C15H15NO3/c1-3-11-6-4-5-10(2)14(11)16-9-12(15(18)19)7-8-13(16)17/h4-9H,3H2,1-2H3,(H,18,19). The second-order valence-electron chi connectivity index (χ2n) is 4.37. The average molecular weight is 257 g/mol. The van der Waals surface area contributed by atoms with Gasteiger partial charge in [0.15, 0.2) is 0 Å². The summed E-state index contributed by atoms with van der Waals surface area (Å²) >= 11 is 0. The van der Waals surface area contributed by atoms with E-state index in [9.17, 15) is 9.59 Å². The maximum absolute atomic E-state index is 12.0. The normalized spacial score (nSPS) is 10.4. The third-order valence-corrected chi connectivity index (χ3v) is 3.10. The van der Waals surface area contributed by atoms with E-state index in [1.165, 1.54) is 22.9 Å². The van der Waals surface area contributed by atoms with Crippen molar-refractivity contribution in [3.8, 4) is 5.69 Å². The zero-order chi connectivity index (χ0) is 14.0. The van der Waals surface area contributed by atoms with Gasteiger partial charge in [0.05, 0.1) is 11.3 Å². The van der Waals surface area contributed by atoms with E-state index in [0.29, 0.717) is 0 Å². The predicted molar refractivity (Wildman–Crippen MR) is 73.1 cm³/mol. The summed E-state index contributed by atoms with van der Waals surface area (Å²) < 4.78 is 1.41. The number of rotatable bonds is 3. The SMILES string of the molecule is CCc1cccc(C)c1-n1cc(C(=O)O)ccc1=O. The molecule has 0 fully saturated rings. The predicted octanol–water partition coefficient (Wildman–Crippen LogP) is 2.41. The van der Waals surface area contributed by atoms with Crippen molar-refractivity contribution in [2.75, 3.05) is 0 Å². The Morgan fingerprint density at radius 1 is 1.26 bits per heavy atom. The van der Waals surface area contributed by atoms with Crippen molar-refractivity contribution >= 4 is 5.97 Å². The Kier molecular flexibility index (Phi) is 3.51. The minimum Gasteiger partial charge on any atom is -0.478 e. The lowest BCUT2D eigenvalue weighted by molar-refractivity contribution is 0.0696. The minimum atomic E-state index is -1.04. The maximum Gasteiger partial charge on any atom is 0.337 e. The molecule has 0 radical (unpaired) electrons. The van der Waals surface area contributed by atoms with E-state index < -0.39 is 5.97 Å². The van der Waals surface area contributed by atoms with Gasteiger partial charge in [-0.2, -0.15) is 0 Å². The van der Waals surface area contributed by atoms with Gasteiger partial charge in [-0.1, -0.05) is 25.1 Å². The minimum absolute atomic E-state index is 0.102. The van der Waals surface area contributed by atoms with Crippen LogP contribution in [0.3, 0.4) is 0 Å². The first-order chi connectivity index (χ1) is 9.04. The van der Waals surface area contributed by atoms with Gasteiger partial charge in [-0.25, -0.2) is 4.79 Å². The number of benzene rings is 1. The number of para-hydroxylation sites is 1. The van der Waals surface area contributed by atoms with Crippen molar-refractivity contribution in [2.24, 2.45) is 0 Å². The number of carboxylic acids is 1. The van der Waals surface area contributed by atoms with Gasteiger partial charge in [0.25, 0.3) is 5.56 Å². The second kappa shape index (κ2) is 5.10. The molecule has 0 bridgehead atoms. The highest BCUT2D eigenvalue weighted by Gasteiger charge is 2.11. The molecule has 0 aliphatic rings. The van der Waals surface area contributed by atoms with Crippen LogP contribution in [0.4, 0.5) is 0 Å². The Morgan fingerprint density at radius 2 is 2.00 bits per heavy atom. The largest absolute Gasteiger partial charge is 0.478 e. The fourth-order valence-corrected chi connectivity index (χ4v) is 2.14. The lowest BCUT2D eigenvalue weighted by atomic mass is 10.1. The summed E-state index contributed by atoms with van der Waals surface area (Å²) in [7, 11) is 0. The van der Waals surface area contributed by atoms with E-state index in [2.05, 4.69) is 0 Å². The second-order valence-corrected chi connectivity index (χ2v) is 4.37. The number of pyridine rings is 1. The van der Waals surface area contributed by atoms with Crippen LogP contribution in [0.15, 0.2) is 41.3 Å². The summed E-state index contributed by atoms with van der Waals surface area (Å²) in [6, 6.07) is 8.40. The molecule has 1 N–H and O–H groups in total. The number of hydrogen-bond donors (Lipinski definition) is 1. The van der Waals surface area contributed by atoms with Gasteiger partial charge in [0, 0.05) is 12.3 Å². The Bertz CT molecular complexity index is 686. The van der Waals surface area contributed by atoms with Crippen LogP contribution in [-0.4, -0.2) is 15.6 Å². The Hall–Kier alpha value is -2.36. The van der Waals surface area contributed by atoms with Gasteiger partial charge in [-0.05, 0) is 30.5 Å². The van der Waals surface area contributed by atoms with E-state index in [1.54, 1.807) is 0 Å². The first-order valence-electron chi connectivity index (χ1n) is 6.09. The zero-order valence-corrected chi connectivity index (χ0v) is 10.9. The van der Waals surface area contributed by atoms with Crippen molar-refractivity contribution in [2.45, 2.75) is 20.3 Å². The summed E-state index contributed by atoms with van der Waals surface area (Å²) in [5.74, 6) is -1.04. The summed E-state index contributed by atoms with van der Waals surface area (Å²) in [5.41, 5.74) is 2.62. The summed E-state index contributed by atoms with van der Waals surface area (Å²) in [6.45, 7) is 3.92. The van der Waals surface area contributed by atoms with Crippen molar-refractivity contribution in [3.05, 3.63) is 63.6 Å². The fraction of sp³-hybridized carbons (Fsp3) is 0.200. The van der Waals surface area contributed by atoms with Gasteiger partial charge in [0.1, 0.15) is 0 Å². The smallest absolute Gasteiger partial charge is 0.337 e. The van der Waals surface area contributed by atoms with Crippen LogP contribution >= 0.6 is 0 Å². The van der Waals surface area contributed by atoms with E-state index >= 15 is 0 Å². The number of carbonyl (C=O) groups is 1. The van der Waals surface area contributed by atoms with E-state index in [-0.39, 0.29) is 11.1 Å². The molecule has 19 heavy (non-hydrogen) atoms. The molecule has 0 spiro atoms. The van der Waals surface area contributed by atoms with E-state index in [1.807, 2.05) is 32.0 Å². The highest BCUT2D eigenvalue weighted by molar-refractivity contribution is 5.87. The van der Waals surface area contributed by atoms with Crippen LogP contribution in [-0.2, 0) is 6.42 Å². The molecule has 2 aromatic rings. The molecule has 0 saturated heterocycles. The summed E-state index contributed by atoms with van der Waals surface area (Å²) in [5, 5.41) is 9.03. The van der Waals surface area contributed by atoms with Crippen molar-refractivity contribution in [1.82, 2.24) is 4.57 Å². The average Bonchev–Trinajstić information content (AvgIpc) is 2.39. The van der Waals surface area contributed by atoms with Crippen molar-refractivity contribution < 1.29 is 9.90 Å². The fourth-order valence-electron chi connectivity index (χ4n) is 2.14.